The summed E-state index contributed by atoms with van der Waals surface area (Å²) in [6, 6.07) is 2.88. The molecule has 2 aliphatic rings. The lowest BCUT2D eigenvalue weighted by Gasteiger charge is -2.40. The number of piperidine rings is 1. The number of alkyl halides is 3. The van der Waals surface area contributed by atoms with Gasteiger partial charge in [-0.3, -0.25) is 4.79 Å². The Morgan fingerprint density at radius 2 is 1.75 bits per heavy atom. The van der Waals surface area contributed by atoms with Gasteiger partial charge in [-0.25, -0.2) is 9.78 Å². The van der Waals surface area contributed by atoms with E-state index in [4.69, 9.17) is 4.74 Å². The third-order valence-corrected chi connectivity index (χ3v) is 4.99. The van der Waals surface area contributed by atoms with Gasteiger partial charge in [-0.15, -0.1) is 0 Å². The Morgan fingerprint density at radius 3 is 2.21 bits per heavy atom. The molecule has 2 aliphatic heterocycles. The largest absolute Gasteiger partial charge is 0.454 e. The molecule has 3 atom stereocenters. The van der Waals surface area contributed by atoms with Crippen LogP contribution in [-0.4, -0.2) is 46.8 Å². The number of ether oxygens (including phenoxy) is 1. The minimum atomic E-state index is -4.91. The number of amides is 1. The zero-order valence-electron chi connectivity index (χ0n) is 16.0. The number of Topliss-reactive ketones (excluding diaryl/α,β-unsaturated/α-hetero) is 1. The molecule has 0 saturated carbocycles. The molecule has 1 amide bonds. The van der Waals surface area contributed by atoms with Crippen LogP contribution in [0.25, 0.3) is 0 Å². The van der Waals surface area contributed by atoms with E-state index >= 15 is 0 Å². The van der Waals surface area contributed by atoms with Gasteiger partial charge in [0, 0.05) is 29.9 Å². The van der Waals surface area contributed by atoms with Crippen molar-refractivity contribution in [3.8, 4) is 0 Å². The van der Waals surface area contributed by atoms with E-state index in [-0.39, 0.29) is 18.1 Å². The molecule has 6 nitrogen and oxygen atoms in total. The van der Waals surface area contributed by atoms with Gasteiger partial charge in [0.05, 0.1) is 0 Å². The molecule has 2 fully saturated rings. The van der Waals surface area contributed by atoms with Gasteiger partial charge < -0.3 is 15.0 Å². The maximum atomic E-state index is 12.5. The van der Waals surface area contributed by atoms with Crippen molar-refractivity contribution < 1.29 is 27.5 Å². The van der Waals surface area contributed by atoms with Gasteiger partial charge in [0.2, 0.25) is 0 Å². The molecule has 154 valence electrons. The molecule has 1 N–H and O–H groups in total. The Morgan fingerprint density at radius 1 is 1.14 bits per heavy atom. The van der Waals surface area contributed by atoms with Crippen LogP contribution < -0.4 is 10.2 Å². The highest BCUT2D eigenvalue weighted by atomic mass is 19.4. The van der Waals surface area contributed by atoms with Gasteiger partial charge in [0.15, 0.2) is 0 Å². The summed E-state index contributed by atoms with van der Waals surface area (Å²) >= 11 is 0. The highest BCUT2D eigenvalue weighted by Crippen LogP contribution is 2.38. The van der Waals surface area contributed by atoms with Crippen molar-refractivity contribution in [1.29, 1.82) is 0 Å². The van der Waals surface area contributed by atoms with Crippen molar-refractivity contribution in [2.75, 3.05) is 4.90 Å². The van der Waals surface area contributed by atoms with Crippen LogP contribution in [0.4, 0.5) is 23.8 Å². The Bertz CT molecular complexity index is 730. The number of carbonyl (C=O) groups excluding carboxylic acids is 2. The van der Waals surface area contributed by atoms with Crippen LogP contribution in [0.3, 0.4) is 0 Å². The Hall–Kier alpha value is -2.32. The normalized spacial score (nSPS) is 24.8. The van der Waals surface area contributed by atoms with Crippen molar-refractivity contribution >= 4 is 17.7 Å². The molecule has 2 saturated heterocycles. The summed E-state index contributed by atoms with van der Waals surface area (Å²) in [5.74, 6) is -1.34. The van der Waals surface area contributed by atoms with Gasteiger partial charge in [0.25, 0.3) is 5.78 Å². The lowest BCUT2D eigenvalue weighted by atomic mass is 9.97. The number of anilines is 1. The quantitative estimate of drug-likeness (QED) is 0.782. The molecule has 0 spiro atoms. The van der Waals surface area contributed by atoms with E-state index in [0.717, 1.165) is 19.0 Å². The minimum absolute atomic E-state index is 0.0188. The average Bonchev–Trinajstić information content (AvgIpc) is 2.82. The van der Waals surface area contributed by atoms with Crippen molar-refractivity contribution in [2.45, 2.75) is 76.4 Å². The topological polar surface area (TPSA) is 71.5 Å². The van der Waals surface area contributed by atoms with Gasteiger partial charge in [0.1, 0.15) is 11.4 Å². The number of nitrogens with one attached hydrogen (secondary N) is 1. The smallest absolute Gasteiger partial charge is 0.444 e. The fraction of sp³-hybridized carbons (Fsp3) is 0.632. The molecule has 1 aromatic heterocycles. The monoisotopic (exact) mass is 399 g/mol. The first-order chi connectivity index (χ1) is 12.9. The molecule has 1 aromatic rings. The number of alkyl carbamates (subject to hydrolysis) is 1. The van der Waals surface area contributed by atoms with Crippen LogP contribution in [0, 0.1) is 0 Å². The Balaban J connectivity index is 1.65. The summed E-state index contributed by atoms with van der Waals surface area (Å²) in [5.41, 5.74) is -1.03. The standard InChI is InChI=1S/C19H24F3N3O3/c1-18(2,3)28-17(27)24-12-8-13-5-6-14(9-12)25(13)15-7-4-11(10-23-15)16(26)19(20,21)22/h4,7,10,12-14H,5-6,8-9H2,1-3H3,(H,24,27)/t12?,13-,14+. The highest BCUT2D eigenvalue weighted by molar-refractivity contribution is 6.00. The second-order valence-corrected chi connectivity index (χ2v) is 8.34. The predicted octanol–water partition coefficient (Wildman–Crippen LogP) is 3.85. The number of fused-ring (bicyclic) bond motifs is 2. The molecule has 28 heavy (non-hydrogen) atoms. The lowest BCUT2D eigenvalue weighted by Crippen LogP contribution is -2.51. The zero-order valence-corrected chi connectivity index (χ0v) is 16.0. The summed E-state index contributed by atoms with van der Waals surface area (Å²) < 4.78 is 42.9. The predicted molar refractivity (Wildman–Crippen MR) is 96.3 cm³/mol. The van der Waals surface area contributed by atoms with E-state index in [2.05, 4.69) is 15.2 Å². The van der Waals surface area contributed by atoms with Crippen molar-refractivity contribution in [1.82, 2.24) is 10.3 Å². The summed E-state index contributed by atoms with van der Waals surface area (Å²) in [6.45, 7) is 5.41. The molecule has 0 aromatic carbocycles. The van der Waals surface area contributed by atoms with E-state index in [1.165, 1.54) is 12.1 Å². The second-order valence-electron chi connectivity index (χ2n) is 8.34. The van der Waals surface area contributed by atoms with Crippen molar-refractivity contribution in [3.05, 3.63) is 23.9 Å². The summed E-state index contributed by atoms with van der Waals surface area (Å²) in [5, 5.41) is 2.91. The van der Waals surface area contributed by atoms with Crippen LogP contribution in [0.2, 0.25) is 0 Å². The second kappa shape index (κ2) is 7.25. The number of nitrogens with zero attached hydrogens (tertiary/aromatic N) is 2. The SMILES string of the molecule is CC(C)(C)OC(=O)NC1C[C@H]2CC[C@@H](C1)N2c1ccc(C(=O)C(F)(F)F)cn1. The van der Waals surface area contributed by atoms with Crippen LogP contribution >= 0.6 is 0 Å². The zero-order chi connectivity index (χ0) is 20.7. The fourth-order valence-electron chi connectivity index (χ4n) is 3.98. The summed E-state index contributed by atoms with van der Waals surface area (Å²) in [4.78, 5) is 29.5. The fourth-order valence-corrected chi connectivity index (χ4v) is 3.98. The highest BCUT2D eigenvalue weighted by Gasteiger charge is 2.43. The van der Waals surface area contributed by atoms with Crippen LogP contribution in [0.5, 0.6) is 0 Å². The molecule has 3 rings (SSSR count). The molecule has 1 unspecified atom stereocenters. The average molecular weight is 399 g/mol. The molecule has 0 radical (unpaired) electrons. The van der Waals surface area contributed by atoms with E-state index < -0.39 is 29.2 Å². The van der Waals surface area contributed by atoms with Gasteiger partial charge in [-0.05, 0) is 58.6 Å². The van der Waals surface area contributed by atoms with Crippen LogP contribution in [0.15, 0.2) is 18.3 Å². The third-order valence-electron chi connectivity index (χ3n) is 4.99. The van der Waals surface area contributed by atoms with E-state index in [0.29, 0.717) is 18.7 Å². The van der Waals surface area contributed by atoms with Crippen LogP contribution in [-0.2, 0) is 4.74 Å². The third kappa shape index (κ3) is 4.56. The number of ketones is 1. The number of hydrogen-bond acceptors (Lipinski definition) is 5. The van der Waals surface area contributed by atoms with Gasteiger partial charge in [-0.2, -0.15) is 13.2 Å². The van der Waals surface area contributed by atoms with E-state index in [1.807, 2.05) is 0 Å². The molecule has 2 bridgehead atoms. The van der Waals surface area contributed by atoms with Gasteiger partial charge >= 0.3 is 12.3 Å². The minimum Gasteiger partial charge on any atom is -0.444 e. The number of pyridine rings is 1. The molecule has 0 aliphatic carbocycles. The molecular weight excluding hydrogens is 375 g/mol. The molecule has 9 heteroatoms. The van der Waals surface area contributed by atoms with E-state index in [9.17, 15) is 22.8 Å². The number of halogens is 3. The van der Waals surface area contributed by atoms with Crippen molar-refractivity contribution in [3.63, 3.8) is 0 Å². The first kappa shape index (κ1) is 20.4. The summed E-state index contributed by atoms with van der Waals surface area (Å²) in [6.07, 6.45) is -1.12. The number of aromatic nitrogens is 1. The molecular formula is C19H24F3N3O3. The molecule has 3 heterocycles. The van der Waals surface area contributed by atoms with Crippen LogP contribution in [0.1, 0.15) is 56.8 Å². The lowest BCUT2D eigenvalue weighted by molar-refractivity contribution is -0.0885. The Labute approximate surface area is 161 Å². The number of carbonyl (C=O) groups is 2. The maximum Gasteiger partial charge on any atom is 0.454 e. The van der Waals surface area contributed by atoms with Crippen molar-refractivity contribution in [2.24, 2.45) is 0 Å². The number of hydrogen-bond donors (Lipinski definition) is 1. The summed E-state index contributed by atoms with van der Waals surface area (Å²) in [7, 11) is 0. The Kier molecular flexibility index (Phi) is 5.29. The first-order valence-electron chi connectivity index (χ1n) is 9.29. The van der Waals surface area contributed by atoms with Gasteiger partial charge in [-0.1, -0.05) is 0 Å². The first-order valence-corrected chi connectivity index (χ1v) is 9.29. The maximum absolute atomic E-state index is 12.5. The van der Waals surface area contributed by atoms with E-state index in [1.54, 1.807) is 20.8 Å². The number of rotatable bonds is 3.